The van der Waals surface area contributed by atoms with Gasteiger partial charge >= 0.3 is 45.5 Å². The molecule has 1 spiro atoms. The highest BCUT2D eigenvalue weighted by Crippen LogP contribution is 2.68. The standard InChI is InChI=1S/C34H36F14O6S/c1-16-14-52-28(53-15-16)10-9-20-18(12-28)5-8-21-23-11-24(29(35,36)32(41,42)43)26(49)27(23,2)13-22(25(20)21)17-3-6-19(7-4-17)54-55(50,51)34(47,48)31(39,40)30(37,38)33(44,45)46/h3-4,6-7,16,18,21-24,26,49H,5,8-15H2,1-2H3. The maximum Gasteiger partial charge on any atom is 0.460 e. The topological polar surface area (TPSA) is 82.1 Å². The van der Waals surface area contributed by atoms with Gasteiger partial charge in [-0.1, -0.05) is 37.1 Å². The third-order valence-electron chi connectivity index (χ3n) is 12.4. The van der Waals surface area contributed by atoms with Gasteiger partial charge in [0.15, 0.2) is 5.79 Å². The number of allylic oxidation sites excluding steroid dienone is 2. The normalized spacial score (nSPS) is 35.3. The molecule has 5 aliphatic rings. The van der Waals surface area contributed by atoms with E-state index >= 15 is 0 Å². The van der Waals surface area contributed by atoms with Crippen LogP contribution in [0.4, 0.5) is 61.5 Å². The van der Waals surface area contributed by atoms with Gasteiger partial charge in [0, 0.05) is 24.7 Å². The Kier molecular flexibility index (Phi) is 10.0. The molecule has 7 atom stereocenters. The van der Waals surface area contributed by atoms with Crippen molar-refractivity contribution in [1.29, 1.82) is 0 Å². The lowest BCUT2D eigenvalue weighted by atomic mass is 9.52. The van der Waals surface area contributed by atoms with Crippen LogP contribution in [0.3, 0.4) is 0 Å². The Balaban J connectivity index is 1.36. The number of alkyl halides is 14. The summed E-state index contributed by atoms with van der Waals surface area (Å²) in [6.07, 6.45) is -14.4. The van der Waals surface area contributed by atoms with Gasteiger partial charge in [-0.05, 0) is 73.0 Å². The van der Waals surface area contributed by atoms with Crippen molar-refractivity contribution >= 4 is 10.1 Å². The average Bonchev–Trinajstić information content (AvgIpc) is 3.35. The zero-order valence-electron chi connectivity index (χ0n) is 28.9. The van der Waals surface area contributed by atoms with Crippen LogP contribution in [-0.4, -0.2) is 74.0 Å². The minimum atomic E-state index is -7.53. The van der Waals surface area contributed by atoms with E-state index in [0.717, 1.165) is 17.7 Å². The lowest BCUT2D eigenvalue weighted by Gasteiger charge is -2.54. The van der Waals surface area contributed by atoms with Crippen LogP contribution in [0.2, 0.25) is 0 Å². The molecule has 4 aliphatic carbocycles. The average molecular weight is 839 g/mol. The Labute approximate surface area is 305 Å². The second-order valence-electron chi connectivity index (χ2n) is 15.7. The fourth-order valence-corrected chi connectivity index (χ4v) is 10.4. The second-order valence-corrected chi connectivity index (χ2v) is 17.3. The summed E-state index contributed by atoms with van der Waals surface area (Å²) < 4.78 is 232. The van der Waals surface area contributed by atoms with Crippen molar-refractivity contribution in [3.8, 4) is 5.75 Å². The monoisotopic (exact) mass is 838 g/mol. The highest BCUT2D eigenvalue weighted by atomic mass is 32.2. The van der Waals surface area contributed by atoms with Crippen LogP contribution in [0.15, 0.2) is 35.4 Å². The number of hydrogen-bond acceptors (Lipinski definition) is 6. The molecule has 6 nitrogen and oxygen atoms in total. The molecule has 1 aromatic carbocycles. The highest BCUT2D eigenvalue weighted by Gasteiger charge is 2.86. The summed E-state index contributed by atoms with van der Waals surface area (Å²) >= 11 is 0. The van der Waals surface area contributed by atoms with E-state index in [2.05, 4.69) is 4.18 Å². The number of ether oxygens (including phenoxy) is 2. The molecule has 21 heteroatoms. The van der Waals surface area contributed by atoms with Crippen molar-refractivity contribution in [2.24, 2.45) is 35.0 Å². The minimum absolute atomic E-state index is 0.128. The molecule has 6 rings (SSSR count). The number of rotatable bonds is 7. The first-order chi connectivity index (χ1) is 24.9. The van der Waals surface area contributed by atoms with Crippen LogP contribution in [0.25, 0.3) is 0 Å². The maximum absolute atomic E-state index is 14.9. The molecule has 55 heavy (non-hydrogen) atoms. The van der Waals surface area contributed by atoms with Gasteiger partial charge in [-0.2, -0.15) is 69.9 Å². The van der Waals surface area contributed by atoms with E-state index in [-0.39, 0.29) is 23.8 Å². The fourth-order valence-electron chi connectivity index (χ4n) is 9.50. The van der Waals surface area contributed by atoms with E-state index in [1.807, 2.05) is 6.92 Å². The van der Waals surface area contributed by atoms with Gasteiger partial charge in [-0.15, -0.1) is 0 Å². The van der Waals surface area contributed by atoms with E-state index in [4.69, 9.17) is 9.47 Å². The molecule has 0 amide bonds. The van der Waals surface area contributed by atoms with Crippen molar-refractivity contribution in [2.45, 2.75) is 112 Å². The second kappa shape index (κ2) is 13.1. The van der Waals surface area contributed by atoms with E-state index in [1.165, 1.54) is 6.92 Å². The van der Waals surface area contributed by atoms with Crippen molar-refractivity contribution in [3.63, 3.8) is 0 Å². The Morgan fingerprint density at radius 3 is 1.95 bits per heavy atom. The molecule has 7 unspecified atom stereocenters. The molecule has 1 N–H and O–H groups in total. The van der Waals surface area contributed by atoms with Crippen LogP contribution in [0.5, 0.6) is 5.75 Å². The predicted molar refractivity (Wildman–Crippen MR) is 162 cm³/mol. The van der Waals surface area contributed by atoms with Gasteiger partial charge in [-0.25, -0.2) is 0 Å². The summed E-state index contributed by atoms with van der Waals surface area (Å²) in [6.45, 7) is 4.17. The predicted octanol–water partition coefficient (Wildman–Crippen LogP) is 9.39. The summed E-state index contributed by atoms with van der Waals surface area (Å²) in [5.41, 5.74) is 0.150. The maximum atomic E-state index is 14.9. The van der Waals surface area contributed by atoms with Crippen molar-refractivity contribution in [3.05, 3.63) is 41.0 Å². The lowest BCUT2D eigenvalue weighted by Crippen LogP contribution is -2.63. The van der Waals surface area contributed by atoms with E-state index in [9.17, 15) is 75.0 Å². The molecular weight excluding hydrogens is 802 g/mol. The number of aliphatic hydroxyl groups is 1. The minimum Gasteiger partial charge on any atom is -0.392 e. The first kappa shape index (κ1) is 42.2. The van der Waals surface area contributed by atoms with Crippen LogP contribution in [0, 0.1) is 35.0 Å². The van der Waals surface area contributed by atoms with Gasteiger partial charge in [0.1, 0.15) is 5.75 Å². The first-order valence-corrected chi connectivity index (χ1v) is 18.7. The van der Waals surface area contributed by atoms with Crippen molar-refractivity contribution in [1.82, 2.24) is 0 Å². The molecule has 312 valence electrons. The SMILES string of the molecule is CC1COC2(CCC3=C4C(c5ccc(OS(=O)(=O)C(F)(F)C(F)(F)C(F)(F)C(F)(F)F)cc5)CC5(C)C(O)C(C(F)(F)C(F)(F)F)CC5C4CCC3C2)OC1. The highest BCUT2D eigenvalue weighted by molar-refractivity contribution is 7.88. The van der Waals surface area contributed by atoms with Crippen molar-refractivity contribution in [2.75, 3.05) is 13.2 Å². The number of benzene rings is 1. The van der Waals surface area contributed by atoms with Crippen molar-refractivity contribution < 1.29 is 88.6 Å². The fraction of sp³-hybridized carbons (Fsp3) is 0.765. The molecule has 1 aromatic rings. The largest absolute Gasteiger partial charge is 0.460 e. The Morgan fingerprint density at radius 1 is 0.818 bits per heavy atom. The van der Waals surface area contributed by atoms with Gasteiger partial charge in [0.25, 0.3) is 0 Å². The number of fused-ring (bicyclic) bond motifs is 4. The number of aliphatic hydroxyl groups excluding tert-OH is 1. The van der Waals surface area contributed by atoms with E-state index in [0.29, 0.717) is 63.0 Å². The zero-order valence-corrected chi connectivity index (χ0v) is 29.7. The molecule has 0 aromatic heterocycles. The zero-order chi connectivity index (χ0) is 41.2. The lowest BCUT2D eigenvalue weighted by molar-refractivity contribution is -0.382. The first-order valence-electron chi connectivity index (χ1n) is 17.3. The Morgan fingerprint density at radius 2 is 1.40 bits per heavy atom. The van der Waals surface area contributed by atoms with E-state index in [1.54, 1.807) is 0 Å². The Hall–Kier alpha value is -2.39. The summed E-state index contributed by atoms with van der Waals surface area (Å²) in [7, 11) is -7.26. The molecule has 4 fully saturated rings. The molecule has 3 saturated carbocycles. The molecular formula is C34H36F14O6S. The molecule has 0 radical (unpaired) electrons. The third kappa shape index (κ3) is 6.42. The smallest absolute Gasteiger partial charge is 0.392 e. The number of hydrogen-bond donors (Lipinski definition) is 1. The van der Waals surface area contributed by atoms with Crippen LogP contribution in [-0.2, 0) is 19.6 Å². The van der Waals surface area contributed by atoms with Gasteiger partial charge in [0.2, 0.25) is 0 Å². The Bertz CT molecular complexity index is 1770. The molecule has 0 bridgehead atoms. The summed E-state index contributed by atoms with van der Waals surface area (Å²) in [5, 5.41) is 4.15. The summed E-state index contributed by atoms with van der Waals surface area (Å²) in [4.78, 5) is 0. The number of halogens is 14. The van der Waals surface area contributed by atoms with Crippen LogP contribution >= 0.6 is 0 Å². The van der Waals surface area contributed by atoms with Gasteiger partial charge in [-0.3, -0.25) is 0 Å². The van der Waals surface area contributed by atoms with Gasteiger partial charge in [0.05, 0.1) is 25.2 Å². The van der Waals surface area contributed by atoms with Crippen LogP contribution in [0.1, 0.15) is 70.3 Å². The molecule has 1 saturated heterocycles. The van der Waals surface area contributed by atoms with E-state index < -0.39 is 98.6 Å². The van der Waals surface area contributed by atoms with Crippen LogP contribution < -0.4 is 4.18 Å². The summed E-state index contributed by atoms with van der Waals surface area (Å²) in [5.74, 6) is -27.4. The van der Waals surface area contributed by atoms with Gasteiger partial charge < -0.3 is 18.8 Å². The molecule has 1 aliphatic heterocycles. The summed E-state index contributed by atoms with van der Waals surface area (Å²) in [6, 6.07) is 3.28. The quantitative estimate of drug-likeness (QED) is 0.168. The molecule has 1 heterocycles. The third-order valence-corrected chi connectivity index (χ3v) is 13.7.